The summed E-state index contributed by atoms with van der Waals surface area (Å²) in [7, 11) is -3.96. The van der Waals surface area contributed by atoms with E-state index >= 15 is 0 Å². The minimum absolute atomic E-state index is 0.0266. The van der Waals surface area contributed by atoms with Crippen LogP contribution in [0.2, 0.25) is 0 Å². The van der Waals surface area contributed by atoms with E-state index in [0.29, 0.717) is 6.42 Å². The van der Waals surface area contributed by atoms with Crippen molar-refractivity contribution in [2.45, 2.75) is 44.5 Å². The predicted molar refractivity (Wildman–Crippen MR) is 46.8 cm³/mol. The van der Waals surface area contributed by atoms with Gasteiger partial charge in [-0.2, -0.15) is 0 Å². The average molecular weight is 197 g/mol. The highest BCUT2D eigenvalue weighted by Crippen LogP contribution is 2.10. The first-order valence-corrected chi connectivity index (χ1v) is 5.75. The van der Waals surface area contributed by atoms with Crippen molar-refractivity contribution >= 4 is 10.0 Å². The molecule has 12 heavy (non-hydrogen) atoms. The Hall–Kier alpha value is -0.160. The van der Waals surface area contributed by atoms with Gasteiger partial charge in [-0.25, -0.2) is 17.9 Å². The van der Waals surface area contributed by atoms with E-state index in [0.717, 1.165) is 19.3 Å². The molecule has 0 aliphatic heterocycles. The normalized spacial score (nSPS) is 14.6. The molecule has 0 aliphatic carbocycles. The molecule has 0 aromatic rings. The third-order valence-electron chi connectivity index (χ3n) is 1.64. The van der Waals surface area contributed by atoms with Gasteiger partial charge in [0.15, 0.2) is 0 Å². The van der Waals surface area contributed by atoms with Crippen molar-refractivity contribution in [3.05, 3.63) is 0 Å². The molecule has 1 atom stereocenters. The Morgan fingerprint density at radius 2 is 1.92 bits per heavy atom. The molecule has 0 heterocycles. The molecule has 0 saturated heterocycles. The first-order chi connectivity index (χ1) is 5.48. The number of rotatable bonds is 6. The molecule has 0 amide bonds. The molecule has 0 fully saturated rings. The van der Waals surface area contributed by atoms with Crippen LogP contribution in [-0.2, 0) is 10.0 Å². The van der Waals surface area contributed by atoms with Crippen molar-refractivity contribution in [1.29, 1.82) is 0 Å². The fourth-order valence-electron chi connectivity index (χ4n) is 0.896. The van der Waals surface area contributed by atoms with E-state index in [4.69, 9.17) is 0 Å². The van der Waals surface area contributed by atoms with Gasteiger partial charge >= 0.3 is 0 Å². The molecule has 0 bridgehead atoms. The summed E-state index contributed by atoms with van der Waals surface area (Å²) in [5.74, 6) is 0. The number of primary sulfonamides is 1. The first kappa shape index (κ1) is 11.8. The lowest BCUT2D eigenvalue weighted by Gasteiger charge is -2.04. The third kappa shape index (κ3) is 5.49. The molecule has 74 valence electrons. The monoisotopic (exact) mass is 197 g/mol. The van der Waals surface area contributed by atoms with Gasteiger partial charge in [0.2, 0.25) is 15.5 Å². The van der Waals surface area contributed by atoms with E-state index in [-0.39, 0.29) is 6.42 Å². The van der Waals surface area contributed by atoms with E-state index < -0.39 is 15.5 Å². The summed E-state index contributed by atoms with van der Waals surface area (Å²) in [5, 5.41) is 4.59. The van der Waals surface area contributed by atoms with Crippen molar-refractivity contribution in [1.82, 2.24) is 0 Å². The molecule has 0 spiro atoms. The van der Waals surface area contributed by atoms with Crippen molar-refractivity contribution in [3.8, 4) is 0 Å². The van der Waals surface area contributed by atoms with Crippen molar-refractivity contribution < 1.29 is 12.8 Å². The molecule has 1 unspecified atom stereocenters. The Bertz CT molecular complexity index is 203. The lowest BCUT2D eigenvalue weighted by molar-refractivity contribution is 0.386. The second-order valence-corrected chi connectivity index (χ2v) is 4.54. The van der Waals surface area contributed by atoms with Gasteiger partial charge in [-0.3, -0.25) is 0 Å². The van der Waals surface area contributed by atoms with Crippen molar-refractivity contribution in [2.24, 2.45) is 5.14 Å². The van der Waals surface area contributed by atoms with Crippen LogP contribution in [0.15, 0.2) is 0 Å². The molecule has 0 rings (SSSR count). The number of nitrogens with two attached hydrogens (primary N) is 1. The largest absolute Gasteiger partial charge is 0.241 e. The number of hydrogen-bond acceptors (Lipinski definition) is 2. The summed E-state index contributed by atoms with van der Waals surface area (Å²) in [6.45, 7) is 2.03. The van der Waals surface area contributed by atoms with E-state index in [1.807, 2.05) is 6.92 Å². The third-order valence-corrected chi connectivity index (χ3v) is 2.59. The minimum Gasteiger partial charge on any atom is -0.229 e. The summed E-state index contributed by atoms with van der Waals surface area (Å²) in [4.78, 5) is 0. The second-order valence-electron chi connectivity index (χ2n) is 2.85. The lowest BCUT2D eigenvalue weighted by atomic mass is 10.2. The van der Waals surface area contributed by atoms with Gasteiger partial charge in [-0.1, -0.05) is 26.2 Å². The Labute approximate surface area is 73.2 Å². The molecule has 3 nitrogen and oxygen atoms in total. The minimum atomic E-state index is -3.96. The van der Waals surface area contributed by atoms with Crippen LogP contribution in [0.3, 0.4) is 0 Å². The standard InChI is InChI=1S/C7H16FNO2S/c1-2-3-4-5-6-7(8)12(9,10)11/h7H,2-6H2,1H3,(H2,9,10,11). The van der Waals surface area contributed by atoms with Crippen LogP contribution in [0.1, 0.15) is 39.0 Å². The smallest absolute Gasteiger partial charge is 0.229 e. The summed E-state index contributed by atoms with van der Waals surface area (Å²) >= 11 is 0. The second kappa shape index (κ2) is 5.48. The van der Waals surface area contributed by atoms with Gasteiger partial charge < -0.3 is 0 Å². The number of halogens is 1. The number of sulfonamides is 1. The molecule has 0 aromatic heterocycles. The maximum atomic E-state index is 12.6. The number of hydrogen-bond donors (Lipinski definition) is 1. The lowest BCUT2D eigenvalue weighted by Crippen LogP contribution is -2.24. The van der Waals surface area contributed by atoms with Crippen LogP contribution in [0, 0.1) is 0 Å². The number of unbranched alkanes of at least 4 members (excludes halogenated alkanes) is 3. The highest BCUT2D eigenvalue weighted by molar-refractivity contribution is 7.89. The summed E-state index contributed by atoms with van der Waals surface area (Å²) < 4.78 is 33.4. The zero-order chi connectivity index (χ0) is 9.61. The van der Waals surface area contributed by atoms with Crippen molar-refractivity contribution in [3.63, 3.8) is 0 Å². The van der Waals surface area contributed by atoms with Crippen LogP contribution < -0.4 is 5.14 Å². The summed E-state index contributed by atoms with van der Waals surface area (Å²) in [5.41, 5.74) is -1.88. The fraction of sp³-hybridized carbons (Fsp3) is 1.00. The van der Waals surface area contributed by atoms with E-state index in [1.165, 1.54) is 0 Å². The summed E-state index contributed by atoms with van der Waals surface area (Å²) in [6.07, 6.45) is 3.54. The van der Waals surface area contributed by atoms with Crippen LogP contribution in [0.5, 0.6) is 0 Å². The first-order valence-electron chi connectivity index (χ1n) is 4.14. The van der Waals surface area contributed by atoms with Crippen LogP contribution >= 0.6 is 0 Å². The molecular weight excluding hydrogens is 181 g/mol. The molecule has 0 aliphatic rings. The number of alkyl halides is 1. The van der Waals surface area contributed by atoms with Gasteiger partial charge in [0.25, 0.3) is 0 Å². The SMILES string of the molecule is CCCCCCC(F)S(N)(=O)=O. The maximum absolute atomic E-state index is 12.6. The Kier molecular flexibility index (Phi) is 5.41. The topological polar surface area (TPSA) is 60.2 Å². The fourth-order valence-corrected chi connectivity index (χ4v) is 1.39. The van der Waals surface area contributed by atoms with Crippen LogP contribution in [0.4, 0.5) is 4.39 Å². The van der Waals surface area contributed by atoms with Gasteiger partial charge in [0.05, 0.1) is 0 Å². The summed E-state index contributed by atoms with van der Waals surface area (Å²) in [6, 6.07) is 0. The zero-order valence-electron chi connectivity index (χ0n) is 7.29. The maximum Gasteiger partial charge on any atom is 0.241 e. The van der Waals surface area contributed by atoms with E-state index in [2.05, 4.69) is 5.14 Å². The average Bonchev–Trinajstić information content (AvgIpc) is 1.96. The van der Waals surface area contributed by atoms with E-state index in [9.17, 15) is 12.8 Å². The zero-order valence-corrected chi connectivity index (χ0v) is 8.11. The Morgan fingerprint density at radius 1 is 1.33 bits per heavy atom. The highest BCUT2D eigenvalue weighted by atomic mass is 32.2. The van der Waals surface area contributed by atoms with Crippen LogP contribution in [0.25, 0.3) is 0 Å². The van der Waals surface area contributed by atoms with Gasteiger partial charge in [-0.05, 0) is 12.8 Å². The highest BCUT2D eigenvalue weighted by Gasteiger charge is 2.18. The Morgan fingerprint density at radius 3 is 2.33 bits per heavy atom. The molecule has 5 heteroatoms. The van der Waals surface area contributed by atoms with Gasteiger partial charge in [0, 0.05) is 0 Å². The Balaban J connectivity index is 3.52. The molecule has 0 aromatic carbocycles. The van der Waals surface area contributed by atoms with E-state index in [1.54, 1.807) is 0 Å². The van der Waals surface area contributed by atoms with Crippen LogP contribution in [-0.4, -0.2) is 13.9 Å². The molecule has 2 N–H and O–H groups in total. The predicted octanol–water partition coefficient (Wildman–Crippen LogP) is 1.54. The molecule has 0 saturated carbocycles. The van der Waals surface area contributed by atoms with Gasteiger partial charge in [-0.15, -0.1) is 0 Å². The van der Waals surface area contributed by atoms with Crippen molar-refractivity contribution in [2.75, 3.05) is 0 Å². The quantitative estimate of drug-likeness (QED) is 0.656. The molecular formula is C7H16FNO2S. The molecule has 0 radical (unpaired) electrons. The van der Waals surface area contributed by atoms with Gasteiger partial charge in [0.1, 0.15) is 0 Å².